The summed E-state index contributed by atoms with van der Waals surface area (Å²) >= 11 is 0. The van der Waals surface area contributed by atoms with Crippen molar-refractivity contribution in [1.29, 1.82) is 0 Å². The lowest BCUT2D eigenvalue weighted by atomic mass is 9.92. The van der Waals surface area contributed by atoms with E-state index in [1.54, 1.807) is 17.6 Å². The fourth-order valence-corrected chi connectivity index (χ4v) is 3.61. The second-order valence-electron chi connectivity index (χ2n) is 6.73. The number of rotatable bonds is 2. The average molecular weight is 357 g/mol. The molecule has 3 heterocycles. The molecule has 1 unspecified atom stereocenters. The standard InChI is InChI=1S/C20H15N5O2/c1-20(18(27)23-19-24-21-11-25(19)20)15-8-9-16(22-17(15)26)14-7-6-12-4-2-3-5-13(12)10-14/h2-11H,1H3,(H,22,26)(H,23,24,27). The van der Waals surface area contributed by atoms with E-state index in [1.165, 1.54) is 6.33 Å². The van der Waals surface area contributed by atoms with E-state index in [0.29, 0.717) is 17.2 Å². The van der Waals surface area contributed by atoms with Gasteiger partial charge in [-0.25, -0.2) is 0 Å². The van der Waals surface area contributed by atoms with Gasteiger partial charge in [0.25, 0.3) is 11.5 Å². The van der Waals surface area contributed by atoms with Gasteiger partial charge >= 0.3 is 0 Å². The van der Waals surface area contributed by atoms with Crippen molar-refractivity contribution in [3.8, 4) is 11.3 Å². The predicted octanol–water partition coefficient (Wildman–Crippen LogP) is 2.50. The summed E-state index contributed by atoms with van der Waals surface area (Å²) < 4.78 is 1.58. The van der Waals surface area contributed by atoms with Gasteiger partial charge < -0.3 is 4.98 Å². The quantitative estimate of drug-likeness (QED) is 0.576. The third-order valence-electron chi connectivity index (χ3n) is 5.19. The van der Waals surface area contributed by atoms with Crippen LogP contribution in [0.2, 0.25) is 0 Å². The molecule has 0 fully saturated rings. The summed E-state index contributed by atoms with van der Waals surface area (Å²) in [4.78, 5) is 28.3. The summed E-state index contributed by atoms with van der Waals surface area (Å²) in [5.41, 5.74) is 0.431. The monoisotopic (exact) mass is 357 g/mol. The second-order valence-corrected chi connectivity index (χ2v) is 6.73. The smallest absolute Gasteiger partial charge is 0.257 e. The van der Waals surface area contributed by atoms with Crippen molar-refractivity contribution < 1.29 is 4.79 Å². The number of carbonyl (C=O) groups is 1. The van der Waals surface area contributed by atoms with Crippen LogP contribution in [0.5, 0.6) is 0 Å². The molecule has 0 aliphatic carbocycles. The average Bonchev–Trinajstić information content (AvgIpc) is 3.23. The summed E-state index contributed by atoms with van der Waals surface area (Å²) in [6.07, 6.45) is 1.45. The number of H-pyrrole nitrogens is 1. The molecular formula is C20H15N5O2. The molecule has 2 aromatic carbocycles. The van der Waals surface area contributed by atoms with E-state index >= 15 is 0 Å². The highest BCUT2D eigenvalue weighted by Gasteiger charge is 2.46. The molecule has 0 saturated heterocycles. The van der Waals surface area contributed by atoms with Crippen LogP contribution in [0.1, 0.15) is 12.5 Å². The minimum absolute atomic E-state index is 0.309. The zero-order valence-corrected chi connectivity index (χ0v) is 14.4. The number of nitrogens with zero attached hydrogens (tertiary/aromatic N) is 3. The molecule has 1 aliphatic rings. The number of pyridine rings is 1. The third-order valence-corrected chi connectivity index (χ3v) is 5.19. The minimum Gasteiger partial charge on any atom is -0.322 e. The molecule has 0 radical (unpaired) electrons. The molecule has 5 rings (SSSR count). The number of benzene rings is 2. The predicted molar refractivity (Wildman–Crippen MR) is 101 cm³/mol. The highest BCUT2D eigenvalue weighted by Crippen LogP contribution is 2.33. The molecule has 2 N–H and O–H groups in total. The van der Waals surface area contributed by atoms with Crippen LogP contribution in [0.15, 0.2) is 65.7 Å². The zero-order chi connectivity index (χ0) is 18.6. The van der Waals surface area contributed by atoms with Crippen LogP contribution in [0.3, 0.4) is 0 Å². The van der Waals surface area contributed by atoms with Crippen LogP contribution in [-0.4, -0.2) is 25.7 Å². The van der Waals surface area contributed by atoms with Gasteiger partial charge in [-0.05, 0) is 41.5 Å². The first-order valence-corrected chi connectivity index (χ1v) is 8.52. The van der Waals surface area contributed by atoms with Crippen LogP contribution in [0, 0.1) is 0 Å². The van der Waals surface area contributed by atoms with E-state index in [9.17, 15) is 9.59 Å². The molecule has 1 aliphatic heterocycles. The van der Waals surface area contributed by atoms with Crippen LogP contribution in [0.25, 0.3) is 22.0 Å². The van der Waals surface area contributed by atoms with Gasteiger partial charge in [-0.1, -0.05) is 36.4 Å². The zero-order valence-electron chi connectivity index (χ0n) is 14.4. The highest BCUT2D eigenvalue weighted by molar-refractivity contribution is 6.01. The topological polar surface area (TPSA) is 92.7 Å². The van der Waals surface area contributed by atoms with Gasteiger partial charge in [-0.15, -0.1) is 10.2 Å². The second kappa shape index (κ2) is 5.38. The maximum atomic E-state index is 12.9. The van der Waals surface area contributed by atoms with Crippen LogP contribution in [-0.2, 0) is 10.3 Å². The number of fused-ring (bicyclic) bond motifs is 2. The lowest BCUT2D eigenvalue weighted by Crippen LogP contribution is -2.41. The van der Waals surface area contributed by atoms with E-state index in [2.05, 4.69) is 20.5 Å². The molecule has 0 spiro atoms. The first-order chi connectivity index (χ1) is 13.1. The number of hydrogen-bond donors (Lipinski definition) is 2. The minimum atomic E-state index is -1.19. The van der Waals surface area contributed by atoms with Gasteiger partial charge in [0.2, 0.25) is 5.95 Å². The first kappa shape index (κ1) is 15.5. The number of carbonyl (C=O) groups excluding carboxylic acids is 1. The molecular weight excluding hydrogens is 342 g/mol. The van der Waals surface area contributed by atoms with Gasteiger partial charge in [-0.2, -0.15) is 0 Å². The van der Waals surface area contributed by atoms with E-state index in [4.69, 9.17) is 0 Å². The Hall–Kier alpha value is -3.74. The third kappa shape index (κ3) is 2.15. The molecule has 0 bridgehead atoms. The van der Waals surface area contributed by atoms with Gasteiger partial charge in [0.05, 0.1) is 5.56 Å². The van der Waals surface area contributed by atoms with Crippen LogP contribution >= 0.6 is 0 Å². The Morgan fingerprint density at radius 3 is 2.63 bits per heavy atom. The van der Waals surface area contributed by atoms with Gasteiger partial charge in [0, 0.05) is 5.69 Å². The highest BCUT2D eigenvalue weighted by atomic mass is 16.2. The Bertz CT molecular complexity index is 1270. The summed E-state index contributed by atoms with van der Waals surface area (Å²) in [7, 11) is 0. The van der Waals surface area contributed by atoms with E-state index in [1.807, 2.05) is 48.5 Å². The molecule has 7 heteroatoms. The largest absolute Gasteiger partial charge is 0.322 e. The molecule has 1 atom stereocenters. The lowest BCUT2D eigenvalue weighted by molar-refractivity contribution is -0.120. The maximum absolute atomic E-state index is 12.9. The molecule has 1 amide bonds. The van der Waals surface area contributed by atoms with Crippen molar-refractivity contribution in [2.75, 3.05) is 5.32 Å². The number of amides is 1. The Balaban J connectivity index is 1.62. The SMILES string of the molecule is CC1(c2ccc(-c3ccc4ccccc4c3)[nH]c2=O)C(=O)Nc2nncn21. The maximum Gasteiger partial charge on any atom is 0.257 e. The fraction of sp³-hybridized carbons (Fsp3) is 0.100. The Morgan fingerprint density at radius 2 is 1.81 bits per heavy atom. The number of nitrogens with one attached hydrogen (secondary N) is 2. The molecule has 2 aromatic heterocycles. The van der Waals surface area contributed by atoms with Crippen LogP contribution in [0.4, 0.5) is 5.95 Å². The molecule has 132 valence electrons. The Labute approximate surface area is 153 Å². The van der Waals surface area contributed by atoms with Gasteiger partial charge in [-0.3, -0.25) is 19.5 Å². The lowest BCUT2D eigenvalue weighted by Gasteiger charge is -2.22. The van der Waals surface area contributed by atoms with Crippen molar-refractivity contribution in [3.63, 3.8) is 0 Å². The van der Waals surface area contributed by atoms with Crippen molar-refractivity contribution in [2.24, 2.45) is 0 Å². The fourth-order valence-electron chi connectivity index (χ4n) is 3.61. The molecule has 4 aromatic rings. The van der Waals surface area contributed by atoms with Gasteiger partial charge in [0.15, 0.2) is 5.54 Å². The summed E-state index contributed by atoms with van der Waals surface area (Å²) in [6, 6.07) is 17.6. The number of aromatic amines is 1. The summed E-state index contributed by atoms with van der Waals surface area (Å²) in [5.74, 6) is 0.0249. The van der Waals surface area contributed by atoms with Gasteiger partial charge in [0.1, 0.15) is 6.33 Å². The van der Waals surface area contributed by atoms with Crippen molar-refractivity contribution in [1.82, 2.24) is 19.7 Å². The molecule has 0 saturated carbocycles. The van der Waals surface area contributed by atoms with E-state index in [-0.39, 0.29) is 11.5 Å². The number of hydrogen-bond acceptors (Lipinski definition) is 4. The Morgan fingerprint density at radius 1 is 1.00 bits per heavy atom. The normalized spacial score (nSPS) is 18.5. The first-order valence-electron chi connectivity index (χ1n) is 8.52. The van der Waals surface area contributed by atoms with Crippen molar-refractivity contribution in [2.45, 2.75) is 12.5 Å². The summed E-state index contributed by atoms with van der Waals surface area (Å²) in [6.45, 7) is 1.68. The molecule has 27 heavy (non-hydrogen) atoms. The number of anilines is 1. The molecule has 7 nitrogen and oxygen atoms in total. The van der Waals surface area contributed by atoms with E-state index < -0.39 is 5.54 Å². The van der Waals surface area contributed by atoms with Crippen LogP contribution < -0.4 is 10.9 Å². The summed E-state index contributed by atoms with van der Waals surface area (Å²) in [5, 5.41) is 12.6. The van der Waals surface area contributed by atoms with Crippen molar-refractivity contribution in [3.05, 3.63) is 76.8 Å². The van der Waals surface area contributed by atoms with Crippen molar-refractivity contribution >= 4 is 22.6 Å². The number of aromatic nitrogens is 4. The van der Waals surface area contributed by atoms with E-state index in [0.717, 1.165) is 16.3 Å². The Kier molecular flexibility index (Phi) is 3.09.